The molecule has 0 unspecified atom stereocenters. The van der Waals surface area contributed by atoms with E-state index in [1.54, 1.807) is 0 Å². The van der Waals surface area contributed by atoms with Crippen molar-refractivity contribution in [3.63, 3.8) is 0 Å². The maximum atomic E-state index is 12.5. The number of benzene rings is 2. The number of nitro benzene ring substituents is 1. The van der Waals surface area contributed by atoms with Crippen LogP contribution in [0.4, 0.5) is 10.5 Å². The zero-order chi connectivity index (χ0) is 24.5. The molecule has 1 aliphatic rings. The van der Waals surface area contributed by atoms with E-state index in [-0.39, 0.29) is 27.7 Å². The number of non-ortho nitro benzene ring substituents is 1. The number of hydrogen-bond acceptors (Lipinski definition) is 9. The first-order valence-corrected chi connectivity index (χ1v) is 10.4. The summed E-state index contributed by atoms with van der Waals surface area (Å²) in [5.74, 6) is -2.34. The van der Waals surface area contributed by atoms with Crippen LogP contribution in [0.25, 0.3) is 0 Å². The molecule has 0 aliphatic carbocycles. The quantitative estimate of drug-likeness (QED) is 0.280. The number of nitrogens with zero attached hydrogens (tertiary/aromatic N) is 4. The molecule has 0 saturated carbocycles. The van der Waals surface area contributed by atoms with Crippen molar-refractivity contribution in [1.82, 2.24) is 4.90 Å². The molecule has 0 bridgehead atoms. The van der Waals surface area contributed by atoms with E-state index < -0.39 is 38.6 Å². The number of urea groups is 1. The Morgan fingerprint density at radius 2 is 1.82 bits per heavy atom. The predicted molar refractivity (Wildman–Crippen MR) is 113 cm³/mol. The van der Waals surface area contributed by atoms with Crippen molar-refractivity contribution < 1.29 is 36.5 Å². The monoisotopic (exact) mass is 474 g/mol. The molecule has 3 rings (SSSR count). The van der Waals surface area contributed by atoms with Gasteiger partial charge in [-0.05, 0) is 30.3 Å². The van der Waals surface area contributed by atoms with Gasteiger partial charge in [0.05, 0.1) is 25.1 Å². The van der Waals surface area contributed by atoms with Gasteiger partial charge in [0.2, 0.25) is 5.71 Å². The molecule has 0 spiro atoms. The predicted octanol–water partition coefficient (Wildman–Crippen LogP) is 0.535. The highest BCUT2D eigenvalue weighted by atomic mass is 32.2. The Morgan fingerprint density at radius 1 is 1.18 bits per heavy atom. The van der Waals surface area contributed by atoms with Crippen molar-refractivity contribution in [3.05, 3.63) is 64.2 Å². The smallest absolute Gasteiger partial charge is 0.379 e. The van der Waals surface area contributed by atoms with E-state index in [4.69, 9.17) is 9.92 Å². The number of nitrogens with two attached hydrogens (primary N) is 1. The lowest BCUT2D eigenvalue weighted by Crippen LogP contribution is -2.55. The topological polar surface area (TPSA) is 182 Å². The summed E-state index contributed by atoms with van der Waals surface area (Å²) in [6, 6.07) is 8.34. The van der Waals surface area contributed by atoms with Gasteiger partial charge in [0.1, 0.15) is 10.6 Å². The Morgan fingerprint density at radius 3 is 2.42 bits per heavy atom. The fraction of sp³-hybridized carbons (Fsp3) is 0.105. The molecular formula is C19H16N5O8S+. The molecule has 2 aromatic carbocycles. The van der Waals surface area contributed by atoms with Crippen LogP contribution in [0.2, 0.25) is 0 Å². The minimum absolute atomic E-state index is 0.0698. The van der Waals surface area contributed by atoms with Gasteiger partial charge in [-0.2, -0.15) is 22.9 Å². The number of rotatable bonds is 5. The highest BCUT2D eigenvalue weighted by molar-refractivity contribution is 7.87. The van der Waals surface area contributed by atoms with Gasteiger partial charge >= 0.3 is 22.1 Å². The van der Waals surface area contributed by atoms with Gasteiger partial charge in [-0.3, -0.25) is 14.9 Å². The summed E-state index contributed by atoms with van der Waals surface area (Å²) < 4.78 is 30.8. The van der Waals surface area contributed by atoms with Gasteiger partial charge in [-0.1, -0.05) is 6.07 Å². The number of hydrogen-bond donors (Lipinski definition) is 1. The fourth-order valence-corrected chi connectivity index (χ4v) is 3.62. The van der Waals surface area contributed by atoms with E-state index in [0.717, 1.165) is 39.8 Å². The molecule has 2 N–H and O–H groups in total. The van der Waals surface area contributed by atoms with Crippen LogP contribution >= 0.6 is 0 Å². The summed E-state index contributed by atoms with van der Waals surface area (Å²) in [6.07, 6.45) is 0. The summed E-state index contributed by atoms with van der Waals surface area (Å²) in [5, 5.41) is 10.8. The fourth-order valence-electron chi connectivity index (χ4n) is 2.70. The molecule has 0 fully saturated rings. The van der Waals surface area contributed by atoms with Crippen LogP contribution in [0.3, 0.4) is 0 Å². The van der Waals surface area contributed by atoms with E-state index in [0.29, 0.717) is 0 Å². The van der Waals surface area contributed by atoms with Gasteiger partial charge in [-0.15, -0.1) is 0 Å². The lowest BCUT2D eigenvalue weighted by Gasteiger charge is -2.17. The average Bonchev–Trinajstić information content (AvgIpc) is 2.79. The largest absolute Gasteiger partial charge is 0.445 e. The molecule has 14 heteroatoms. The molecule has 2 aromatic rings. The lowest BCUT2D eigenvalue weighted by molar-refractivity contribution is -0.401. The first-order chi connectivity index (χ1) is 15.4. The summed E-state index contributed by atoms with van der Waals surface area (Å²) in [4.78, 5) is 50.8. The van der Waals surface area contributed by atoms with E-state index in [1.807, 2.05) is 0 Å². The van der Waals surface area contributed by atoms with Crippen LogP contribution in [0.15, 0.2) is 58.4 Å². The highest BCUT2D eigenvalue weighted by Crippen LogP contribution is 2.23. The summed E-state index contributed by atoms with van der Waals surface area (Å²) in [7, 11) is -1.85. The van der Waals surface area contributed by atoms with Crippen LogP contribution in [0.5, 0.6) is 5.75 Å². The van der Waals surface area contributed by atoms with Crippen LogP contribution in [0, 0.1) is 10.1 Å². The minimum Gasteiger partial charge on any atom is -0.379 e. The van der Waals surface area contributed by atoms with Crippen molar-refractivity contribution in [2.24, 2.45) is 10.7 Å². The Hall–Kier alpha value is -4.46. The molecule has 0 aromatic heterocycles. The van der Waals surface area contributed by atoms with Gasteiger partial charge in [0.15, 0.2) is 0 Å². The minimum atomic E-state index is -4.36. The Balaban J connectivity index is 1.85. The van der Waals surface area contributed by atoms with Crippen molar-refractivity contribution in [2.75, 3.05) is 14.1 Å². The average molecular weight is 474 g/mol. The van der Waals surface area contributed by atoms with Crippen molar-refractivity contribution in [2.45, 2.75) is 4.90 Å². The number of aliphatic imine (C=N–C) groups is 1. The third-order valence-electron chi connectivity index (χ3n) is 4.52. The van der Waals surface area contributed by atoms with Crippen molar-refractivity contribution in [3.8, 4) is 5.75 Å². The van der Waals surface area contributed by atoms with E-state index in [9.17, 15) is 32.9 Å². The zero-order valence-electron chi connectivity index (χ0n) is 17.2. The van der Waals surface area contributed by atoms with E-state index in [2.05, 4.69) is 4.99 Å². The SMILES string of the molecule is CN1C(=O)C(=NC(=O)c2ccc(S(=O)(=O)Oc3cccc([N+](=O)[O-])c3)cc2)C(N)=[N+](C)C1=O. The van der Waals surface area contributed by atoms with Crippen LogP contribution in [0.1, 0.15) is 10.4 Å². The molecule has 4 amide bonds. The van der Waals surface area contributed by atoms with Gasteiger partial charge in [0.25, 0.3) is 17.4 Å². The molecule has 1 heterocycles. The van der Waals surface area contributed by atoms with E-state index in [1.165, 1.54) is 32.3 Å². The molecule has 0 radical (unpaired) electrons. The van der Waals surface area contributed by atoms with Crippen LogP contribution in [-0.4, -0.2) is 66.3 Å². The number of amides is 4. The number of amidine groups is 1. The third kappa shape index (κ3) is 4.59. The number of nitro groups is 1. The number of imide groups is 1. The first kappa shape index (κ1) is 23.2. The molecule has 33 heavy (non-hydrogen) atoms. The maximum absolute atomic E-state index is 12.5. The Bertz CT molecular complexity index is 1360. The third-order valence-corrected chi connectivity index (χ3v) is 5.78. The summed E-state index contributed by atoms with van der Waals surface area (Å²) in [6.45, 7) is 0. The van der Waals surface area contributed by atoms with Gasteiger partial charge < -0.3 is 9.92 Å². The summed E-state index contributed by atoms with van der Waals surface area (Å²) >= 11 is 0. The first-order valence-electron chi connectivity index (χ1n) is 9.03. The second kappa shape index (κ2) is 8.58. The molecular weight excluding hydrogens is 458 g/mol. The second-order valence-electron chi connectivity index (χ2n) is 6.67. The van der Waals surface area contributed by atoms with Crippen LogP contribution in [-0.2, 0) is 14.9 Å². The number of carbonyl (C=O) groups is 3. The molecule has 13 nitrogen and oxygen atoms in total. The van der Waals surface area contributed by atoms with Crippen LogP contribution < -0.4 is 9.92 Å². The normalized spacial score (nSPS) is 15.7. The lowest BCUT2D eigenvalue weighted by atomic mass is 10.2. The van der Waals surface area contributed by atoms with Crippen molar-refractivity contribution >= 4 is 45.2 Å². The molecule has 170 valence electrons. The zero-order valence-corrected chi connectivity index (χ0v) is 18.0. The Labute approximate surface area is 186 Å². The van der Waals surface area contributed by atoms with E-state index >= 15 is 0 Å². The number of carbonyl (C=O) groups excluding carboxylic acids is 3. The summed E-state index contributed by atoms with van der Waals surface area (Å²) in [5.41, 5.74) is 4.87. The van der Waals surface area contributed by atoms with Gasteiger partial charge in [0, 0.05) is 11.6 Å². The highest BCUT2D eigenvalue weighted by Gasteiger charge is 2.39. The maximum Gasteiger partial charge on any atom is 0.445 e. The Kier molecular flexibility index (Phi) is 6.04. The standard InChI is InChI=1S/C19H15N5O8S/c1-22-16(20)15(18(26)23(2)19(22)27)21-17(25)11-6-8-14(9-7-11)33(30,31)32-13-5-3-4-12(10-13)24(28)29/h3-10,20H,1-2H3/p+1. The molecule has 0 atom stereocenters. The second-order valence-corrected chi connectivity index (χ2v) is 8.22. The molecule has 1 aliphatic heterocycles. The van der Waals surface area contributed by atoms with Crippen molar-refractivity contribution in [1.29, 1.82) is 0 Å². The van der Waals surface area contributed by atoms with Gasteiger partial charge in [-0.25, -0.2) is 9.59 Å². The molecule has 0 saturated heterocycles.